The minimum Gasteiger partial charge on any atom is -0.464 e. The minimum atomic E-state index is -1.17. The number of aryl methyl sites for hydroxylation is 1. The molecule has 1 aromatic rings. The third-order valence-electron chi connectivity index (χ3n) is 3.12. The van der Waals surface area contributed by atoms with Gasteiger partial charge in [-0.15, -0.1) is 0 Å². The van der Waals surface area contributed by atoms with E-state index in [1.807, 2.05) is 12.1 Å². The molecule has 0 spiro atoms. The molecule has 0 aromatic heterocycles. The van der Waals surface area contributed by atoms with Crippen molar-refractivity contribution in [2.24, 2.45) is 0 Å². The van der Waals surface area contributed by atoms with Crippen molar-refractivity contribution in [1.29, 1.82) is 0 Å². The van der Waals surface area contributed by atoms with Crippen LogP contribution < -0.4 is 0 Å². The summed E-state index contributed by atoms with van der Waals surface area (Å²) < 4.78 is 4.79. The Hall–Kier alpha value is -1.35. The minimum absolute atomic E-state index is 0.283. The van der Waals surface area contributed by atoms with E-state index in [0.717, 1.165) is 6.42 Å². The van der Waals surface area contributed by atoms with E-state index in [1.165, 1.54) is 31.2 Å². The second-order valence-corrected chi connectivity index (χ2v) is 4.71. The van der Waals surface area contributed by atoms with Crippen molar-refractivity contribution < 1.29 is 14.6 Å². The van der Waals surface area contributed by atoms with Gasteiger partial charge in [-0.05, 0) is 30.9 Å². The predicted molar refractivity (Wildman–Crippen MR) is 75.9 cm³/mol. The maximum absolute atomic E-state index is 11.4. The Labute approximate surface area is 115 Å². The Morgan fingerprint density at radius 3 is 2.42 bits per heavy atom. The van der Waals surface area contributed by atoms with E-state index in [1.54, 1.807) is 19.1 Å². The summed E-state index contributed by atoms with van der Waals surface area (Å²) in [7, 11) is 0. The number of hydrogen-bond acceptors (Lipinski definition) is 3. The summed E-state index contributed by atoms with van der Waals surface area (Å²) in [4.78, 5) is 11.4. The topological polar surface area (TPSA) is 46.5 Å². The summed E-state index contributed by atoms with van der Waals surface area (Å²) >= 11 is 0. The second-order valence-electron chi connectivity index (χ2n) is 4.71. The predicted octanol–water partition coefficient (Wildman–Crippen LogP) is 3.41. The number of benzene rings is 1. The van der Waals surface area contributed by atoms with Crippen LogP contribution in [0.1, 0.15) is 56.8 Å². The van der Waals surface area contributed by atoms with Crippen LogP contribution in [0.3, 0.4) is 0 Å². The lowest BCUT2D eigenvalue weighted by molar-refractivity contribution is -0.153. The summed E-state index contributed by atoms with van der Waals surface area (Å²) in [6, 6.07) is 7.56. The summed E-state index contributed by atoms with van der Waals surface area (Å²) in [6.07, 6.45) is 4.84. The molecule has 0 saturated carbocycles. The average molecular weight is 264 g/mol. The highest BCUT2D eigenvalue weighted by molar-refractivity contribution is 5.76. The van der Waals surface area contributed by atoms with Gasteiger partial charge in [0.1, 0.15) is 0 Å². The molecular formula is C16H24O3. The molecule has 0 aliphatic rings. The van der Waals surface area contributed by atoms with E-state index < -0.39 is 12.1 Å². The lowest BCUT2D eigenvalue weighted by Crippen LogP contribution is -2.15. The van der Waals surface area contributed by atoms with Crippen LogP contribution in [0, 0.1) is 0 Å². The van der Waals surface area contributed by atoms with Crippen molar-refractivity contribution in [3.05, 3.63) is 35.4 Å². The van der Waals surface area contributed by atoms with E-state index in [0.29, 0.717) is 5.56 Å². The number of aliphatic hydroxyl groups excluding tert-OH is 1. The summed E-state index contributed by atoms with van der Waals surface area (Å²) in [5.74, 6) is -0.585. The Morgan fingerprint density at radius 2 is 1.84 bits per heavy atom. The average Bonchev–Trinajstić information content (AvgIpc) is 2.44. The van der Waals surface area contributed by atoms with Gasteiger partial charge in [-0.3, -0.25) is 0 Å². The first-order chi connectivity index (χ1) is 9.19. The molecule has 0 aliphatic heterocycles. The number of ether oxygens (including phenoxy) is 1. The van der Waals surface area contributed by atoms with Crippen LogP contribution in [0.15, 0.2) is 24.3 Å². The maximum atomic E-state index is 11.4. The van der Waals surface area contributed by atoms with Crippen LogP contribution in [0.5, 0.6) is 0 Å². The molecule has 0 fully saturated rings. The Bertz CT molecular complexity index is 370. The van der Waals surface area contributed by atoms with E-state index in [4.69, 9.17) is 4.74 Å². The van der Waals surface area contributed by atoms with Crippen LogP contribution in [0.4, 0.5) is 0 Å². The number of aliphatic hydroxyl groups is 1. The van der Waals surface area contributed by atoms with Gasteiger partial charge < -0.3 is 9.84 Å². The number of carbonyl (C=O) groups is 1. The smallest absolute Gasteiger partial charge is 0.339 e. The van der Waals surface area contributed by atoms with Gasteiger partial charge in [0.15, 0.2) is 6.10 Å². The molecular weight excluding hydrogens is 240 g/mol. The molecule has 0 amide bonds. The first-order valence-electron chi connectivity index (χ1n) is 7.12. The summed E-state index contributed by atoms with van der Waals surface area (Å²) in [5, 5.41) is 9.78. The lowest BCUT2D eigenvalue weighted by atomic mass is 10.0. The van der Waals surface area contributed by atoms with Crippen LogP contribution >= 0.6 is 0 Å². The van der Waals surface area contributed by atoms with Gasteiger partial charge in [0.25, 0.3) is 0 Å². The molecule has 1 N–H and O–H groups in total. The molecule has 1 atom stereocenters. The van der Waals surface area contributed by atoms with E-state index >= 15 is 0 Å². The zero-order chi connectivity index (χ0) is 14.1. The Morgan fingerprint density at radius 1 is 1.16 bits per heavy atom. The molecule has 0 unspecified atom stereocenters. The van der Waals surface area contributed by atoms with Crippen molar-refractivity contribution in [2.45, 2.75) is 52.1 Å². The van der Waals surface area contributed by atoms with Crippen LogP contribution in [-0.2, 0) is 16.0 Å². The molecule has 0 bridgehead atoms. The van der Waals surface area contributed by atoms with Gasteiger partial charge in [0, 0.05) is 0 Å². The molecule has 0 saturated heterocycles. The number of esters is 1. The van der Waals surface area contributed by atoms with Gasteiger partial charge in [-0.1, -0.05) is 50.5 Å². The number of rotatable bonds is 8. The van der Waals surface area contributed by atoms with Gasteiger partial charge in [0.05, 0.1) is 6.61 Å². The molecule has 19 heavy (non-hydrogen) atoms. The standard InChI is InChI=1S/C16H24O3/c1-3-5-6-7-8-13-9-11-14(12-10-13)15(17)16(18)19-4-2/h9-12,15,17H,3-8H2,1-2H3/t15-/m1/s1. The van der Waals surface area contributed by atoms with Crippen molar-refractivity contribution in [3.8, 4) is 0 Å². The fraction of sp³-hybridized carbons (Fsp3) is 0.562. The van der Waals surface area contributed by atoms with Gasteiger partial charge >= 0.3 is 5.97 Å². The highest BCUT2D eigenvalue weighted by Gasteiger charge is 2.17. The van der Waals surface area contributed by atoms with Gasteiger partial charge in [0.2, 0.25) is 0 Å². The normalized spacial score (nSPS) is 12.2. The number of unbranched alkanes of at least 4 members (excludes halogenated alkanes) is 3. The summed E-state index contributed by atoms with van der Waals surface area (Å²) in [6.45, 7) is 4.21. The fourth-order valence-electron chi connectivity index (χ4n) is 1.98. The third kappa shape index (κ3) is 5.43. The highest BCUT2D eigenvalue weighted by Crippen LogP contribution is 2.16. The monoisotopic (exact) mass is 264 g/mol. The van der Waals surface area contributed by atoms with Crippen molar-refractivity contribution in [2.75, 3.05) is 6.61 Å². The van der Waals surface area contributed by atoms with Crippen LogP contribution in [0.2, 0.25) is 0 Å². The van der Waals surface area contributed by atoms with Crippen molar-refractivity contribution >= 4 is 5.97 Å². The quantitative estimate of drug-likeness (QED) is 0.578. The zero-order valence-corrected chi connectivity index (χ0v) is 11.9. The number of hydrogen-bond donors (Lipinski definition) is 1. The van der Waals surface area contributed by atoms with E-state index in [9.17, 15) is 9.90 Å². The molecule has 3 heteroatoms. The molecule has 0 aliphatic carbocycles. The first kappa shape index (κ1) is 15.7. The SMILES string of the molecule is CCCCCCc1ccc([C@@H](O)C(=O)OCC)cc1. The van der Waals surface area contributed by atoms with Crippen LogP contribution in [-0.4, -0.2) is 17.7 Å². The van der Waals surface area contributed by atoms with E-state index in [2.05, 4.69) is 6.92 Å². The lowest BCUT2D eigenvalue weighted by Gasteiger charge is -2.10. The van der Waals surface area contributed by atoms with E-state index in [-0.39, 0.29) is 6.61 Å². The largest absolute Gasteiger partial charge is 0.464 e. The molecule has 1 rings (SSSR count). The van der Waals surface area contributed by atoms with Gasteiger partial charge in [-0.25, -0.2) is 4.79 Å². The molecule has 3 nitrogen and oxygen atoms in total. The van der Waals surface area contributed by atoms with Crippen molar-refractivity contribution in [1.82, 2.24) is 0 Å². The number of carbonyl (C=O) groups excluding carboxylic acids is 1. The third-order valence-corrected chi connectivity index (χ3v) is 3.12. The molecule has 0 radical (unpaired) electrons. The highest BCUT2D eigenvalue weighted by atomic mass is 16.5. The molecule has 0 heterocycles. The Balaban J connectivity index is 2.48. The van der Waals surface area contributed by atoms with Crippen molar-refractivity contribution in [3.63, 3.8) is 0 Å². The molecule has 106 valence electrons. The Kier molecular flexibility index (Phi) is 7.19. The molecule has 1 aromatic carbocycles. The van der Waals surface area contributed by atoms with Gasteiger partial charge in [-0.2, -0.15) is 0 Å². The second kappa shape index (κ2) is 8.70. The summed E-state index contributed by atoms with van der Waals surface area (Å²) in [5.41, 5.74) is 1.84. The van der Waals surface area contributed by atoms with Crippen LogP contribution in [0.25, 0.3) is 0 Å². The zero-order valence-electron chi connectivity index (χ0n) is 11.9. The first-order valence-corrected chi connectivity index (χ1v) is 7.12. The fourth-order valence-corrected chi connectivity index (χ4v) is 1.98. The maximum Gasteiger partial charge on any atom is 0.339 e.